The molecule has 0 saturated carbocycles. The number of carbonyl (C=O) groups excluding carboxylic acids is 1. The van der Waals surface area contributed by atoms with Crippen molar-refractivity contribution in [1.82, 2.24) is 9.80 Å². The minimum absolute atomic E-state index is 0.152. The number of rotatable bonds is 3. The van der Waals surface area contributed by atoms with E-state index in [0.717, 1.165) is 26.1 Å². The zero-order valence-electron chi connectivity index (χ0n) is 11.5. The molecule has 2 aliphatic rings. The average molecular weight is 269 g/mol. The maximum Gasteiger partial charge on any atom is 0.222 e. The summed E-state index contributed by atoms with van der Waals surface area (Å²) in [7, 11) is 0. The summed E-state index contributed by atoms with van der Waals surface area (Å²) < 4.78 is 0. The van der Waals surface area contributed by atoms with Gasteiger partial charge >= 0.3 is 0 Å². The number of nitrogens with zero attached hydrogens (tertiary/aromatic N) is 3. The van der Waals surface area contributed by atoms with Crippen molar-refractivity contribution >= 4 is 5.91 Å². The summed E-state index contributed by atoms with van der Waals surface area (Å²) >= 11 is 0. The minimum Gasteiger partial charge on any atom is -0.337 e. The monoisotopic (exact) mass is 269 g/mol. The molecule has 4 heteroatoms. The molecule has 4 nitrogen and oxygen atoms in total. The van der Waals surface area contributed by atoms with Crippen LogP contribution in [0.3, 0.4) is 0 Å². The highest BCUT2D eigenvalue weighted by Crippen LogP contribution is 2.30. The fourth-order valence-corrected chi connectivity index (χ4v) is 3.39. The quantitative estimate of drug-likeness (QED) is 0.842. The summed E-state index contributed by atoms with van der Waals surface area (Å²) in [4.78, 5) is 16.1. The lowest BCUT2D eigenvalue weighted by molar-refractivity contribution is -0.131. The van der Waals surface area contributed by atoms with Crippen molar-refractivity contribution in [2.75, 3.05) is 19.6 Å². The Morgan fingerprint density at radius 1 is 1.30 bits per heavy atom. The van der Waals surface area contributed by atoms with E-state index in [1.165, 1.54) is 5.56 Å². The van der Waals surface area contributed by atoms with Gasteiger partial charge in [0, 0.05) is 38.1 Å². The molecule has 1 amide bonds. The predicted octanol–water partition coefficient (Wildman–Crippen LogP) is 1.95. The Hall–Kier alpha value is -1.86. The maximum atomic E-state index is 11.7. The molecule has 2 unspecified atom stereocenters. The third-order valence-corrected chi connectivity index (χ3v) is 4.44. The predicted molar refractivity (Wildman–Crippen MR) is 75.7 cm³/mol. The third kappa shape index (κ3) is 2.41. The van der Waals surface area contributed by atoms with Gasteiger partial charge in [-0.25, -0.2) is 0 Å². The Balaban J connectivity index is 1.76. The topological polar surface area (TPSA) is 47.3 Å². The first-order chi connectivity index (χ1) is 9.79. The lowest BCUT2D eigenvalue weighted by Gasteiger charge is -2.41. The lowest BCUT2D eigenvalue weighted by Crippen LogP contribution is -2.52. The van der Waals surface area contributed by atoms with Gasteiger partial charge in [0.05, 0.1) is 12.5 Å². The van der Waals surface area contributed by atoms with Gasteiger partial charge in [-0.3, -0.25) is 9.69 Å². The first-order valence-corrected chi connectivity index (χ1v) is 7.25. The number of amides is 1. The van der Waals surface area contributed by atoms with E-state index in [4.69, 9.17) is 5.26 Å². The van der Waals surface area contributed by atoms with Crippen molar-refractivity contribution in [3.63, 3.8) is 0 Å². The van der Waals surface area contributed by atoms with Gasteiger partial charge in [0.1, 0.15) is 0 Å². The van der Waals surface area contributed by atoms with Crippen molar-refractivity contribution in [3.8, 4) is 6.07 Å². The van der Waals surface area contributed by atoms with Crippen LogP contribution in [0.25, 0.3) is 0 Å². The van der Waals surface area contributed by atoms with Gasteiger partial charge in [0.25, 0.3) is 0 Å². The summed E-state index contributed by atoms with van der Waals surface area (Å²) in [5, 5.41) is 9.12. The van der Waals surface area contributed by atoms with Crippen molar-refractivity contribution in [3.05, 3.63) is 35.9 Å². The maximum absolute atomic E-state index is 11.7. The Morgan fingerprint density at radius 3 is 2.85 bits per heavy atom. The summed E-state index contributed by atoms with van der Waals surface area (Å²) in [6.07, 6.45) is 2.15. The number of carbonyl (C=O) groups is 1. The van der Waals surface area contributed by atoms with Crippen LogP contribution < -0.4 is 0 Å². The molecule has 2 atom stereocenters. The van der Waals surface area contributed by atoms with Crippen LogP contribution >= 0.6 is 0 Å². The molecule has 104 valence electrons. The van der Waals surface area contributed by atoms with E-state index in [1.807, 2.05) is 23.1 Å². The zero-order valence-corrected chi connectivity index (χ0v) is 11.5. The number of hydrogen-bond donors (Lipinski definition) is 0. The van der Waals surface area contributed by atoms with E-state index in [0.29, 0.717) is 24.8 Å². The average Bonchev–Trinajstić information content (AvgIpc) is 2.86. The van der Waals surface area contributed by atoms with Gasteiger partial charge in [-0.2, -0.15) is 5.26 Å². The molecule has 1 aromatic rings. The van der Waals surface area contributed by atoms with Crippen LogP contribution in [0.1, 0.15) is 30.9 Å². The standard InChI is InChI=1S/C16H19N3O/c17-9-8-15(13-4-2-1-3-5-13)18-10-11-19-14(12-18)6-7-16(19)20/h1-5,14-15H,6-8,10-12H2. The summed E-state index contributed by atoms with van der Waals surface area (Å²) in [5.74, 6) is 0.297. The fourth-order valence-electron chi connectivity index (χ4n) is 3.39. The summed E-state index contributed by atoms with van der Waals surface area (Å²) in [6, 6.07) is 13.0. The molecule has 2 aliphatic heterocycles. The minimum atomic E-state index is 0.152. The molecule has 0 spiro atoms. The number of benzene rings is 1. The van der Waals surface area contributed by atoms with Gasteiger partial charge in [-0.15, -0.1) is 0 Å². The van der Waals surface area contributed by atoms with E-state index < -0.39 is 0 Å². The highest BCUT2D eigenvalue weighted by molar-refractivity contribution is 5.78. The van der Waals surface area contributed by atoms with E-state index in [2.05, 4.69) is 23.1 Å². The number of piperazine rings is 1. The van der Waals surface area contributed by atoms with Crippen LogP contribution in [-0.2, 0) is 4.79 Å². The van der Waals surface area contributed by atoms with Crippen LogP contribution in [0.2, 0.25) is 0 Å². The van der Waals surface area contributed by atoms with Crippen molar-refractivity contribution < 1.29 is 4.79 Å². The van der Waals surface area contributed by atoms with Crippen LogP contribution in [0.4, 0.5) is 0 Å². The van der Waals surface area contributed by atoms with E-state index in [1.54, 1.807) is 0 Å². The van der Waals surface area contributed by atoms with Crippen LogP contribution in [-0.4, -0.2) is 41.4 Å². The SMILES string of the molecule is N#CCC(c1ccccc1)N1CCN2C(=O)CCC2C1. The Morgan fingerprint density at radius 2 is 2.10 bits per heavy atom. The smallest absolute Gasteiger partial charge is 0.222 e. The van der Waals surface area contributed by atoms with Gasteiger partial charge in [-0.05, 0) is 12.0 Å². The van der Waals surface area contributed by atoms with Crippen LogP contribution in [0.5, 0.6) is 0 Å². The largest absolute Gasteiger partial charge is 0.337 e. The van der Waals surface area contributed by atoms with Gasteiger partial charge in [-0.1, -0.05) is 30.3 Å². The second-order valence-corrected chi connectivity index (χ2v) is 5.56. The number of nitriles is 1. The summed E-state index contributed by atoms with van der Waals surface area (Å²) in [6.45, 7) is 2.56. The zero-order chi connectivity index (χ0) is 13.9. The molecule has 0 aliphatic carbocycles. The van der Waals surface area contributed by atoms with Crippen molar-refractivity contribution in [1.29, 1.82) is 5.26 Å². The molecule has 0 N–H and O–H groups in total. The number of hydrogen-bond acceptors (Lipinski definition) is 3. The molecule has 2 saturated heterocycles. The number of fused-ring (bicyclic) bond motifs is 1. The molecule has 0 radical (unpaired) electrons. The Bertz CT molecular complexity index is 522. The van der Waals surface area contributed by atoms with E-state index in [9.17, 15) is 4.79 Å². The molecule has 20 heavy (non-hydrogen) atoms. The normalized spacial score (nSPS) is 24.2. The fraction of sp³-hybridized carbons (Fsp3) is 0.500. The molecule has 0 aromatic heterocycles. The Labute approximate surface area is 119 Å². The molecule has 2 heterocycles. The first kappa shape index (κ1) is 13.1. The highest BCUT2D eigenvalue weighted by Gasteiger charge is 2.37. The van der Waals surface area contributed by atoms with Crippen molar-refractivity contribution in [2.45, 2.75) is 31.3 Å². The molecular formula is C16H19N3O. The van der Waals surface area contributed by atoms with Crippen LogP contribution in [0.15, 0.2) is 30.3 Å². The Kier molecular flexibility index (Phi) is 3.70. The third-order valence-electron chi connectivity index (χ3n) is 4.44. The summed E-state index contributed by atoms with van der Waals surface area (Å²) in [5.41, 5.74) is 1.20. The lowest BCUT2D eigenvalue weighted by atomic mass is 10.0. The van der Waals surface area contributed by atoms with E-state index in [-0.39, 0.29) is 6.04 Å². The molecule has 3 rings (SSSR count). The van der Waals surface area contributed by atoms with Gasteiger partial charge in [0.15, 0.2) is 0 Å². The van der Waals surface area contributed by atoms with E-state index >= 15 is 0 Å². The molecular weight excluding hydrogens is 250 g/mol. The second kappa shape index (κ2) is 5.64. The first-order valence-electron chi connectivity index (χ1n) is 7.25. The van der Waals surface area contributed by atoms with Gasteiger partial charge < -0.3 is 4.90 Å². The van der Waals surface area contributed by atoms with Crippen LogP contribution in [0, 0.1) is 11.3 Å². The highest BCUT2D eigenvalue weighted by atomic mass is 16.2. The molecule has 1 aromatic carbocycles. The molecule has 0 bridgehead atoms. The van der Waals surface area contributed by atoms with Gasteiger partial charge in [0.2, 0.25) is 5.91 Å². The van der Waals surface area contributed by atoms with Crippen molar-refractivity contribution in [2.24, 2.45) is 0 Å². The second-order valence-electron chi connectivity index (χ2n) is 5.56. The molecule has 2 fully saturated rings.